The van der Waals surface area contributed by atoms with Crippen LogP contribution >= 0.6 is 0 Å². The van der Waals surface area contributed by atoms with Gasteiger partial charge in [0.05, 0.1) is 6.54 Å². The fraction of sp³-hybridized carbons (Fsp3) is 0.478. The number of aromatic nitrogens is 1. The molecule has 1 aromatic carbocycles. The molecule has 1 fully saturated rings. The topological polar surface area (TPSA) is 45.6 Å². The number of carbonyl (C=O) groups excluding carboxylic acids is 2. The van der Waals surface area contributed by atoms with Crippen LogP contribution in [0.25, 0.3) is 0 Å². The smallest absolute Gasteiger partial charge is 0.254 e. The summed E-state index contributed by atoms with van der Waals surface area (Å²) < 4.78 is 2.05. The maximum atomic E-state index is 13.1. The molecular weight excluding hydrogens is 350 g/mol. The molecule has 0 unspecified atom stereocenters. The van der Waals surface area contributed by atoms with E-state index in [1.807, 2.05) is 55.4 Å². The van der Waals surface area contributed by atoms with Crippen molar-refractivity contribution in [3.05, 3.63) is 59.4 Å². The van der Waals surface area contributed by atoms with Crippen LogP contribution in [0.1, 0.15) is 54.2 Å². The molecule has 5 nitrogen and oxygen atoms in total. The van der Waals surface area contributed by atoms with Gasteiger partial charge in [0.1, 0.15) is 6.54 Å². The summed E-state index contributed by atoms with van der Waals surface area (Å²) >= 11 is 0. The molecule has 0 bridgehead atoms. The van der Waals surface area contributed by atoms with Crippen LogP contribution in [0.4, 0.5) is 0 Å². The van der Waals surface area contributed by atoms with E-state index in [2.05, 4.69) is 17.6 Å². The van der Waals surface area contributed by atoms with E-state index in [9.17, 15) is 9.59 Å². The molecular formula is C23H31N3O2. The van der Waals surface area contributed by atoms with Crippen molar-refractivity contribution in [3.63, 3.8) is 0 Å². The molecule has 0 aliphatic heterocycles. The zero-order chi connectivity index (χ0) is 20.1. The van der Waals surface area contributed by atoms with Gasteiger partial charge in [0.25, 0.3) is 5.91 Å². The van der Waals surface area contributed by atoms with Gasteiger partial charge in [0, 0.05) is 37.1 Å². The first-order valence-corrected chi connectivity index (χ1v) is 10.2. The van der Waals surface area contributed by atoms with Crippen molar-refractivity contribution >= 4 is 11.8 Å². The van der Waals surface area contributed by atoms with Gasteiger partial charge >= 0.3 is 0 Å². The van der Waals surface area contributed by atoms with Crippen molar-refractivity contribution in [2.75, 3.05) is 13.1 Å². The predicted octanol–water partition coefficient (Wildman–Crippen LogP) is 3.77. The van der Waals surface area contributed by atoms with Crippen molar-refractivity contribution < 1.29 is 9.59 Å². The molecule has 1 aliphatic carbocycles. The lowest BCUT2D eigenvalue weighted by atomic mass is 10.1. The molecule has 0 radical (unpaired) electrons. The van der Waals surface area contributed by atoms with E-state index in [0.29, 0.717) is 24.7 Å². The normalized spacial score (nSPS) is 13.4. The van der Waals surface area contributed by atoms with Gasteiger partial charge in [-0.25, -0.2) is 0 Å². The summed E-state index contributed by atoms with van der Waals surface area (Å²) in [4.78, 5) is 29.9. The summed E-state index contributed by atoms with van der Waals surface area (Å²) in [5, 5.41) is 0. The summed E-state index contributed by atoms with van der Waals surface area (Å²) in [6, 6.07) is 11.9. The minimum absolute atomic E-state index is 0.0419. The molecule has 0 spiro atoms. The van der Waals surface area contributed by atoms with Crippen molar-refractivity contribution in [1.29, 1.82) is 0 Å². The Kier molecular flexibility index (Phi) is 6.55. The Balaban J connectivity index is 1.72. The molecule has 5 heteroatoms. The number of rotatable bonds is 9. The second-order valence-electron chi connectivity index (χ2n) is 7.81. The van der Waals surface area contributed by atoms with Crippen LogP contribution in [0.3, 0.4) is 0 Å². The number of nitrogens with zero attached hydrogens (tertiary/aromatic N) is 3. The van der Waals surface area contributed by atoms with Crippen molar-refractivity contribution in [2.45, 2.75) is 52.1 Å². The molecule has 1 saturated carbocycles. The Bertz CT molecular complexity index is 806. The number of hydrogen-bond acceptors (Lipinski definition) is 2. The number of amides is 2. The van der Waals surface area contributed by atoms with Crippen LogP contribution < -0.4 is 0 Å². The lowest BCUT2D eigenvalue weighted by Gasteiger charge is -2.28. The maximum absolute atomic E-state index is 13.1. The Morgan fingerprint density at radius 3 is 2.43 bits per heavy atom. The largest absolute Gasteiger partial charge is 0.353 e. The van der Waals surface area contributed by atoms with Crippen LogP contribution in [0.15, 0.2) is 42.6 Å². The third kappa shape index (κ3) is 5.03. The summed E-state index contributed by atoms with van der Waals surface area (Å²) in [7, 11) is 2.00. The average Bonchev–Trinajstić information content (AvgIpc) is 3.45. The van der Waals surface area contributed by atoms with E-state index in [1.54, 1.807) is 4.90 Å². The Morgan fingerprint density at radius 2 is 1.86 bits per heavy atom. The molecule has 3 rings (SSSR count). The zero-order valence-corrected chi connectivity index (χ0v) is 17.2. The molecule has 1 aliphatic rings. The molecule has 28 heavy (non-hydrogen) atoms. The molecule has 2 amide bonds. The standard InChI is InChI=1S/C23H31N3O2/c1-4-5-15-25(23(28)19-10-8-18(2)9-11-19)17-22(27)26(20-12-13-20)16-21-7-6-14-24(21)3/h6-11,14,20H,4-5,12-13,15-17H2,1-3H3. The number of carbonyl (C=O) groups is 2. The van der Waals surface area contributed by atoms with Crippen molar-refractivity contribution in [3.8, 4) is 0 Å². The number of aryl methyl sites for hydroxylation is 2. The third-order valence-corrected chi connectivity index (χ3v) is 5.39. The Hall–Kier alpha value is -2.56. The zero-order valence-electron chi connectivity index (χ0n) is 17.2. The number of hydrogen-bond donors (Lipinski definition) is 0. The SMILES string of the molecule is CCCCN(CC(=O)N(Cc1cccn1C)C1CC1)C(=O)c1ccc(C)cc1. The van der Waals surface area contributed by atoms with E-state index < -0.39 is 0 Å². The van der Waals surface area contributed by atoms with Crippen LogP contribution in [0.5, 0.6) is 0 Å². The molecule has 0 atom stereocenters. The lowest BCUT2D eigenvalue weighted by molar-refractivity contribution is -0.133. The van der Waals surface area contributed by atoms with Crippen LogP contribution in [0, 0.1) is 6.92 Å². The Labute approximate surface area is 167 Å². The van der Waals surface area contributed by atoms with Gasteiger partial charge in [-0.2, -0.15) is 0 Å². The first-order valence-electron chi connectivity index (χ1n) is 10.2. The van der Waals surface area contributed by atoms with Gasteiger partial charge in [-0.05, 0) is 50.5 Å². The summed E-state index contributed by atoms with van der Waals surface area (Å²) in [5.74, 6) is -0.0170. The minimum atomic E-state index is -0.0589. The fourth-order valence-electron chi connectivity index (χ4n) is 3.38. The van der Waals surface area contributed by atoms with Crippen LogP contribution in [-0.2, 0) is 18.4 Å². The van der Waals surface area contributed by atoms with Gasteiger partial charge in [-0.15, -0.1) is 0 Å². The molecule has 0 saturated heterocycles. The summed E-state index contributed by atoms with van der Waals surface area (Å²) in [5.41, 5.74) is 2.88. The van der Waals surface area contributed by atoms with Gasteiger partial charge in [-0.3, -0.25) is 9.59 Å². The molecule has 2 aromatic rings. The van der Waals surface area contributed by atoms with Crippen LogP contribution in [-0.4, -0.2) is 45.3 Å². The van der Waals surface area contributed by atoms with Crippen molar-refractivity contribution in [1.82, 2.24) is 14.4 Å². The van der Waals surface area contributed by atoms with Gasteiger partial charge in [-0.1, -0.05) is 31.0 Å². The first-order chi connectivity index (χ1) is 13.5. The Morgan fingerprint density at radius 1 is 1.14 bits per heavy atom. The minimum Gasteiger partial charge on any atom is -0.353 e. The van der Waals surface area contributed by atoms with Crippen molar-refractivity contribution in [2.24, 2.45) is 7.05 Å². The quantitative estimate of drug-likeness (QED) is 0.664. The fourth-order valence-corrected chi connectivity index (χ4v) is 3.38. The highest BCUT2D eigenvalue weighted by atomic mass is 16.2. The first kappa shape index (κ1) is 20.2. The summed E-state index contributed by atoms with van der Waals surface area (Å²) in [6.07, 6.45) is 5.99. The maximum Gasteiger partial charge on any atom is 0.254 e. The van der Waals surface area contributed by atoms with Gasteiger partial charge in [0.15, 0.2) is 0 Å². The van der Waals surface area contributed by atoms with E-state index in [4.69, 9.17) is 0 Å². The van der Waals surface area contributed by atoms with E-state index >= 15 is 0 Å². The highest BCUT2D eigenvalue weighted by Gasteiger charge is 2.34. The lowest BCUT2D eigenvalue weighted by Crippen LogP contribution is -2.44. The van der Waals surface area contributed by atoms with E-state index in [1.165, 1.54) is 0 Å². The number of benzene rings is 1. The summed E-state index contributed by atoms with van der Waals surface area (Å²) in [6.45, 7) is 5.46. The number of unbranched alkanes of at least 4 members (excludes halogenated alkanes) is 1. The molecule has 0 N–H and O–H groups in total. The van der Waals surface area contributed by atoms with Gasteiger partial charge in [0.2, 0.25) is 5.91 Å². The highest BCUT2D eigenvalue weighted by Crippen LogP contribution is 2.28. The van der Waals surface area contributed by atoms with Gasteiger partial charge < -0.3 is 14.4 Å². The highest BCUT2D eigenvalue weighted by molar-refractivity contribution is 5.96. The molecule has 150 valence electrons. The molecule has 1 heterocycles. The van der Waals surface area contributed by atoms with Crippen LogP contribution in [0.2, 0.25) is 0 Å². The third-order valence-electron chi connectivity index (χ3n) is 5.39. The van der Waals surface area contributed by atoms with E-state index in [0.717, 1.165) is 36.9 Å². The van der Waals surface area contributed by atoms with E-state index in [-0.39, 0.29) is 18.4 Å². The predicted molar refractivity (Wildman–Crippen MR) is 111 cm³/mol. The molecule has 1 aromatic heterocycles. The second-order valence-corrected chi connectivity index (χ2v) is 7.81. The average molecular weight is 382 g/mol. The monoisotopic (exact) mass is 381 g/mol. The second kappa shape index (κ2) is 9.09.